The van der Waals surface area contributed by atoms with Crippen LogP contribution in [0.25, 0.3) is 0 Å². The van der Waals surface area contributed by atoms with Crippen molar-refractivity contribution < 1.29 is 23.9 Å². The van der Waals surface area contributed by atoms with E-state index in [-0.39, 0.29) is 30.6 Å². The molecule has 1 saturated heterocycles. The van der Waals surface area contributed by atoms with Crippen molar-refractivity contribution in [3.63, 3.8) is 0 Å². The van der Waals surface area contributed by atoms with Gasteiger partial charge < -0.3 is 14.8 Å². The first kappa shape index (κ1) is 23.1. The maximum Gasteiger partial charge on any atom is 0.255 e. The predicted molar refractivity (Wildman–Crippen MR) is 128 cm³/mol. The zero-order valence-electron chi connectivity index (χ0n) is 18.3. The van der Waals surface area contributed by atoms with Crippen LogP contribution in [0, 0.1) is 0 Å². The van der Waals surface area contributed by atoms with Crippen molar-refractivity contribution in [1.82, 2.24) is 5.43 Å². The fraction of sp³-hybridized carbons (Fsp3) is 0.160. The van der Waals surface area contributed by atoms with Crippen LogP contribution in [-0.2, 0) is 9.59 Å². The van der Waals surface area contributed by atoms with Gasteiger partial charge in [0.05, 0.1) is 18.0 Å². The molecule has 0 saturated carbocycles. The molecule has 0 bridgehead atoms. The van der Waals surface area contributed by atoms with E-state index in [9.17, 15) is 14.4 Å². The van der Waals surface area contributed by atoms with E-state index in [0.29, 0.717) is 40.1 Å². The molecule has 3 amide bonds. The number of ether oxygens (including phenoxy) is 2. The monoisotopic (exact) mass is 479 g/mol. The van der Waals surface area contributed by atoms with Crippen molar-refractivity contribution in [2.45, 2.75) is 19.8 Å². The maximum atomic E-state index is 12.9. The van der Waals surface area contributed by atoms with Crippen LogP contribution in [0.2, 0.25) is 5.02 Å². The standard InChI is InChI=1S/C25H22ClN3O5/c1-2-33-19-8-10-20(11-9-19)34-22-12-5-17(26)15-21(22)27-25(32)16-3-6-18(7-4-16)29-24(31)14-13-23(30)28-29/h3-12,15H,2,13-14H2,1H3,(H,27,32)(H,28,30). The summed E-state index contributed by atoms with van der Waals surface area (Å²) in [4.78, 5) is 36.6. The number of carbonyl (C=O) groups excluding carboxylic acids is 3. The first-order valence-corrected chi connectivity index (χ1v) is 11.0. The highest BCUT2D eigenvalue weighted by Gasteiger charge is 2.24. The normalized spacial score (nSPS) is 13.3. The number of halogens is 1. The van der Waals surface area contributed by atoms with E-state index >= 15 is 0 Å². The van der Waals surface area contributed by atoms with Crippen molar-refractivity contribution in [1.29, 1.82) is 0 Å². The lowest BCUT2D eigenvalue weighted by Gasteiger charge is -2.27. The van der Waals surface area contributed by atoms with Gasteiger partial charge in [-0.2, -0.15) is 0 Å². The summed E-state index contributed by atoms with van der Waals surface area (Å²) in [5, 5.41) is 4.43. The average Bonchev–Trinajstić information content (AvgIpc) is 2.84. The molecule has 8 nitrogen and oxygen atoms in total. The maximum absolute atomic E-state index is 12.9. The Morgan fingerprint density at radius 1 is 1.00 bits per heavy atom. The van der Waals surface area contributed by atoms with Crippen LogP contribution in [0.15, 0.2) is 66.7 Å². The Bertz CT molecular complexity index is 1210. The third-order valence-electron chi connectivity index (χ3n) is 4.99. The van der Waals surface area contributed by atoms with Crippen LogP contribution in [0.5, 0.6) is 17.2 Å². The summed E-state index contributed by atoms with van der Waals surface area (Å²) in [6.45, 7) is 2.48. The van der Waals surface area contributed by atoms with E-state index in [0.717, 1.165) is 5.75 Å². The lowest BCUT2D eigenvalue weighted by molar-refractivity contribution is -0.130. The number of nitrogens with one attached hydrogen (secondary N) is 2. The van der Waals surface area contributed by atoms with Crippen molar-refractivity contribution in [3.05, 3.63) is 77.3 Å². The molecule has 1 aliphatic heterocycles. The van der Waals surface area contributed by atoms with Gasteiger partial charge in [0.25, 0.3) is 5.91 Å². The Balaban J connectivity index is 1.48. The summed E-state index contributed by atoms with van der Waals surface area (Å²) in [6.07, 6.45) is 0.302. The largest absolute Gasteiger partial charge is 0.494 e. The van der Waals surface area contributed by atoms with Crippen LogP contribution >= 0.6 is 11.6 Å². The van der Waals surface area contributed by atoms with Crippen molar-refractivity contribution in [2.75, 3.05) is 16.9 Å². The molecule has 174 valence electrons. The molecule has 1 fully saturated rings. The van der Waals surface area contributed by atoms with Gasteiger partial charge >= 0.3 is 0 Å². The molecule has 4 rings (SSSR count). The zero-order valence-corrected chi connectivity index (χ0v) is 19.1. The van der Waals surface area contributed by atoms with Gasteiger partial charge in [0.2, 0.25) is 11.8 Å². The smallest absolute Gasteiger partial charge is 0.255 e. The third-order valence-corrected chi connectivity index (χ3v) is 5.23. The number of amides is 3. The van der Waals surface area contributed by atoms with E-state index in [1.54, 1.807) is 66.7 Å². The van der Waals surface area contributed by atoms with Gasteiger partial charge in [-0.25, -0.2) is 5.01 Å². The van der Waals surface area contributed by atoms with Crippen LogP contribution < -0.4 is 25.2 Å². The van der Waals surface area contributed by atoms with Gasteiger partial charge in [-0.1, -0.05) is 11.6 Å². The van der Waals surface area contributed by atoms with E-state index < -0.39 is 0 Å². The Morgan fingerprint density at radius 3 is 2.41 bits per heavy atom. The van der Waals surface area contributed by atoms with Gasteiger partial charge in [0.1, 0.15) is 11.5 Å². The Morgan fingerprint density at radius 2 is 1.71 bits per heavy atom. The highest BCUT2D eigenvalue weighted by Crippen LogP contribution is 2.33. The third kappa shape index (κ3) is 5.47. The topological polar surface area (TPSA) is 97.0 Å². The minimum Gasteiger partial charge on any atom is -0.494 e. The van der Waals surface area contributed by atoms with E-state index in [1.807, 2.05) is 6.92 Å². The minimum absolute atomic E-state index is 0.139. The Hall–Kier alpha value is -4.04. The number of carbonyl (C=O) groups is 3. The Labute approximate surface area is 201 Å². The molecule has 9 heteroatoms. The molecule has 0 spiro atoms. The van der Waals surface area contributed by atoms with E-state index in [1.165, 1.54) is 5.01 Å². The quantitative estimate of drug-likeness (QED) is 0.500. The number of hydrogen-bond donors (Lipinski definition) is 2. The second-order valence-electron chi connectivity index (χ2n) is 7.41. The van der Waals surface area contributed by atoms with E-state index in [2.05, 4.69) is 10.7 Å². The molecule has 1 heterocycles. The van der Waals surface area contributed by atoms with Crippen molar-refractivity contribution in [2.24, 2.45) is 0 Å². The fourth-order valence-corrected chi connectivity index (χ4v) is 3.50. The summed E-state index contributed by atoms with van der Waals surface area (Å²) in [5.41, 5.74) is 3.74. The van der Waals surface area contributed by atoms with Crippen LogP contribution in [0.3, 0.4) is 0 Å². The summed E-state index contributed by atoms with van der Waals surface area (Å²) in [5.74, 6) is 0.876. The minimum atomic E-state index is -0.389. The van der Waals surface area contributed by atoms with E-state index in [4.69, 9.17) is 21.1 Å². The van der Waals surface area contributed by atoms with Gasteiger partial charge in [0.15, 0.2) is 5.75 Å². The highest BCUT2D eigenvalue weighted by atomic mass is 35.5. The molecule has 0 unspecified atom stereocenters. The lowest BCUT2D eigenvalue weighted by Crippen LogP contribution is -2.50. The average molecular weight is 480 g/mol. The van der Waals surface area contributed by atoms with Crippen LogP contribution in [-0.4, -0.2) is 24.3 Å². The van der Waals surface area contributed by atoms with Gasteiger partial charge in [-0.05, 0) is 73.7 Å². The van der Waals surface area contributed by atoms with Crippen LogP contribution in [0.1, 0.15) is 30.1 Å². The molecule has 3 aromatic rings. The first-order valence-electron chi connectivity index (χ1n) is 10.7. The molecule has 2 N–H and O–H groups in total. The first-order chi connectivity index (χ1) is 16.4. The Kier molecular flexibility index (Phi) is 6.98. The van der Waals surface area contributed by atoms with Crippen molar-refractivity contribution in [3.8, 4) is 17.2 Å². The second kappa shape index (κ2) is 10.3. The number of anilines is 2. The molecular formula is C25H22ClN3O5. The molecule has 0 radical (unpaired) electrons. The molecular weight excluding hydrogens is 458 g/mol. The van der Waals surface area contributed by atoms with Gasteiger partial charge in [-0.15, -0.1) is 0 Å². The van der Waals surface area contributed by atoms with Crippen molar-refractivity contribution >= 4 is 40.7 Å². The number of nitrogens with zero attached hydrogens (tertiary/aromatic N) is 1. The summed E-state index contributed by atoms with van der Waals surface area (Å²) in [6, 6.07) is 18.4. The highest BCUT2D eigenvalue weighted by molar-refractivity contribution is 6.31. The molecule has 1 aliphatic rings. The summed E-state index contributed by atoms with van der Waals surface area (Å²) in [7, 11) is 0. The molecule has 0 atom stereocenters. The SMILES string of the molecule is CCOc1ccc(Oc2ccc(Cl)cc2NC(=O)c2ccc(N3NC(=O)CCC3=O)cc2)cc1. The zero-order chi connectivity index (χ0) is 24.1. The predicted octanol–water partition coefficient (Wildman–Crippen LogP) is 4.94. The number of rotatable bonds is 7. The number of hydrazine groups is 1. The number of benzene rings is 3. The fourth-order valence-electron chi connectivity index (χ4n) is 3.33. The second-order valence-corrected chi connectivity index (χ2v) is 7.85. The number of hydrogen-bond acceptors (Lipinski definition) is 5. The molecule has 34 heavy (non-hydrogen) atoms. The van der Waals surface area contributed by atoms with Gasteiger partial charge in [0, 0.05) is 23.4 Å². The molecule has 0 aliphatic carbocycles. The molecule has 3 aromatic carbocycles. The lowest BCUT2D eigenvalue weighted by atomic mass is 10.1. The van der Waals surface area contributed by atoms with Gasteiger partial charge in [-0.3, -0.25) is 19.8 Å². The summed E-state index contributed by atoms with van der Waals surface area (Å²) >= 11 is 6.14. The van der Waals surface area contributed by atoms with Crippen LogP contribution in [0.4, 0.5) is 11.4 Å². The molecule has 0 aromatic heterocycles. The summed E-state index contributed by atoms with van der Waals surface area (Å²) < 4.78 is 11.4.